The van der Waals surface area contributed by atoms with E-state index in [1.54, 1.807) is 12.1 Å². The Balaban J connectivity index is 0.000000216. The minimum absolute atomic E-state index is 0.0741. The monoisotopic (exact) mass is 678 g/mol. The van der Waals surface area contributed by atoms with Crippen LogP contribution in [0.15, 0.2) is 91.0 Å². The number of benzene rings is 3. The maximum absolute atomic E-state index is 10.9. The van der Waals surface area contributed by atoms with Crippen LogP contribution < -0.4 is 11.1 Å². The van der Waals surface area contributed by atoms with Gasteiger partial charge in [0, 0.05) is 19.4 Å². The molecule has 0 aliphatic carbocycles. The van der Waals surface area contributed by atoms with Crippen LogP contribution in [0.25, 0.3) is 0 Å². The quantitative estimate of drug-likeness (QED) is 0.276. The van der Waals surface area contributed by atoms with Crippen LogP contribution in [0.5, 0.6) is 0 Å². The van der Waals surface area contributed by atoms with E-state index in [1.807, 2.05) is 78.9 Å². The predicted octanol–water partition coefficient (Wildman–Crippen LogP) is 5.16. The van der Waals surface area contributed by atoms with Crippen molar-refractivity contribution in [2.75, 3.05) is 6.54 Å². The number of rotatable bonds is 8. The Labute approximate surface area is 247 Å². The average molecular weight is 679 g/mol. The fourth-order valence-electron chi connectivity index (χ4n) is 3.38. The zero-order valence-electron chi connectivity index (χ0n) is 22.9. The summed E-state index contributed by atoms with van der Waals surface area (Å²) in [6, 6.07) is 28.1. The first kappa shape index (κ1) is 33.2. The maximum atomic E-state index is 10.9. The van der Waals surface area contributed by atoms with Gasteiger partial charge in [-0.2, -0.15) is 0 Å². The zero-order valence-corrected chi connectivity index (χ0v) is 25.1. The molecule has 1 fully saturated rings. The summed E-state index contributed by atoms with van der Waals surface area (Å²) >= 11 is -2.59. The summed E-state index contributed by atoms with van der Waals surface area (Å²) in [6.07, 6.45) is 0.467. The number of carbonyl (C=O) groups excluding carboxylic acids is 4. The van der Waals surface area contributed by atoms with Crippen molar-refractivity contribution >= 4 is 44.6 Å². The van der Waals surface area contributed by atoms with Gasteiger partial charge in [0.1, 0.15) is 6.10 Å². The Morgan fingerprint density at radius 3 is 1.93 bits per heavy atom. The number of cyclic esters (lactones) is 1. The molecule has 0 spiro atoms. The Kier molecular flexibility index (Phi) is 14.9. The van der Waals surface area contributed by atoms with Gasteiger partial charge in [-0.05, 0) is 17.5 Å². The van der Waals surface area contributed by atoms with Crippen molar-refractivity contribution in [2.45, 2.75) is 45.3 Å². The van der Waals surface area contributed by atoms with Crippen LogP contribution in [-0.4, -0.2) is 35.6 Å². The number of primary amides is 1. The first-order valence-electron chi connectivity index (χ1n) is 12.8. The van der Waals surface area contributed by atoms with E-state index in [0.29, 0.717) is 13.0 Å². The van der Waals surface area contributed by atoms with E-state index in [1.165, 1.54) is 13.8 Å². The summed E-state index contributed by atoms with van der Waals surface area (Å²) in [5.74, 6) is -1.23. The van der Waals surface area contributed by atoms with E-state index in [9.17, 15) is 24.3 Å². The van der Waals surface area contributed by atoms with E-state index in [4.69, 9.17) is 16.6 Å². The summed E-state index contributed by atoms with van der Waals surface area (Å²) < 4.78 is 16.0. The minimum Gasteiger partial charge on any atom is -0.441 e. The molecule has 11 heteroatoms. The van der Waals surface area contributed by atoms with Gasteiger partial charge in [0.05, 0.1) is 6.10 Å². The third kappa shape index (κ3) is 13.8. The van der Waals surface area contributed by atoms with Crippen LogP contribution in [0.2, 0.25) is 0 Å². The molecule has 3 aromatic rings. The number of ether oxygens (including phenoxy) is 1. The second-order valence-electron chi connectivity index (χ2n) is 8.60. The van der Waals surface area contributed by atoms with Gasteiger partial charge in [-0.1, -0.05) is 60.7 Å². The van der Waals surface area contributed by atoms with Crippen LogP contribution in [0.1, 0.15) is 56.4 Å². The van der Waals surface area contributed by atoms with Crippen molar-refractivity contribution in [2.24, 2.45) is 5.73 Å². The van der Waals surface area contributed by atoms with Crippen LogP contribution in [-0.2, 0) is 25.3 Å². The standard InChI is InChI=1S/C10H11IO4.C10H11NO2.C10H13NO2/c1-8(12)14-11(15-9(2)13)10-6-4-3-5-7-10;12-10-11-7-6-9(13-10)8-4-2-1-3-5-8;11-10(13)7-6-9(12)8-4-2-1-3-5-8/h3-7H,1-2H3;1-5,9H,6-7H2,(H,11,12);1-5,9,12H,6-7H2,(H2,11,13)/t;2*9-/m.11/s1. The van der Waals surface area contributed by atoms with Crippen molar-refractivity contribution in [1.29, 1.82) is 0 Å². The fourth-order valence-corrected chi connectivity index (χ4v) is 6.11. The van der Waals surface area contributed by atoms with E-state index in [-0.39, 0.29) is 24.5 Å². The molecule has 220 valence electrons. The fraction of sp³-hybridized carbons (Fsp3) is 0.267. The molecular formula is C30H35IN2O8. The second-order valence-corrected chi connectivity index (χ2v) is 12.0. The SMILES string of the molecule is CC(=O)OI(OC(C)=O)c1ccccc1.NC(=O)CC[C@@H](O)c1ccccc1.O=C1NCC[C@H](c2ccccc2)O1. The third-order valence-electron chi connectivity index (χ3n) is 5.21. The van der Waals surface area contributed by atoms with E-state index < -0.39 is 38.7 Å². The van der Waals surface area contributed by atoms with Crippen molar-refractivity contribution < 1.29 is 35.2 Å². The Morgan fingerprint density at radius 1 is 0.927 bits per heavy atom. The molecule has 2 atom stereocenters. The molecule has 2 amide bonds. The number of halogens is 1. The predicted molar refractivity (Wildman–Crippen MR) is 161 cm³/mol. The van der Waals surface area contributed by atoms with Gasteiger partial charge in [-0.25, -0.2) is 4.79 Å². The summed E-state index contributed by atoms with van der Waals surface area (Å²) in [6.45, 7) is 3.30. The normalized spacial score (nSPS) is 14.7. The van der Waals surface area contributed by atoms with Crippen LogP contribution in [0.4, 0.5) is 4.79 Å². The number of amides is 2. The van der Waals surface area contributed by atoms with Gasteiger partial charge in [-0.3, -0.25) is 4.79 Å². The summed E-state index contributed by atoms with van der Waals surface area (Å²) in [7, 11) is 0. The Hall–Kier alpha value is -3.97. The molecule has 0 bridgehead atoms. The van der Waals surface area contributed by atoms with Gasteiger partial charge in [0.25, 0.3) is 0 Å². The number of carbonyl (C=O) groups is 4. The Bertz CT molecular complexity index is 1210. The molecule has 0 aromatic heterocycles. The van der Waals surface area contributed by atoms with Gasteiger partial charge < -0.3 is 20.9 Å². The largest absolute Gasteiger partial charge is 0.441 e. The zero-order chi connectivity index (χ0) is 30.0. The molecule has 0 unspecified atom stereocenters. The van der Waals surface area contributed by atoms with Crippen molar-refractivity contribution in [3.05, 3.63) is 106 Å². The van der Waals surface area contributed by atoms with Gasteiger partial charge in [0.15, 0.2) is 0 Å². The smallest absolute Gasteiger partial charge is 0.407 e. The van der Waals surface area contributed by atoms with Gasteiger partial charge >= 0.3 is 102 Å². The number of aliphatic hydroxyl groups is 1. The van der Waals surface area contributed by atoms with Crippen molar-refractivity contribution in [3.8, 4) is 0 Å². The van der Waals surface area contributed by atoms with E-state index >= 15 is 0 Å². The summed E-state index contributed by atoms with van der Waals surface area (Å²) in [4.78, 5) is 43.0. The number of hydrogen-bond acceptors (Lipinski definition) is 8. The molecule has 4 rings (SSSR count). The van der Waals surface area contributed by atoms with E-state index in [2.05, 4.69) is 5.32 Å². The Morgan fingerprint density at radius 2 is 1.44 bits per heavy atom. The molecule has 0 radical (unpaired) electrons. The molecule has 1 saturated heterocycles. The van der Waals surface area contributed by atoms with Crippen molar-refractivity contribution in [3.63, 3.8) is 0 Å². The van der Waals surface area contributed by atoms with E-state index in [0.717, 1.165) is 21.1 Å². The number of hydrogen-bond donors (Lipinski definition) is 3. The molecule has 10 nitrogen and oxygen atoms in total. The third-order valence-corrected chi connectivity index (χ3v) is 8.99. The topological polar surface area (TPSA) is 154 Å². The minimum atomic E-state index is -2.59. The van der Waals surface area contributed by atoms with Gasteiger partial charge in [-0.15, -0.1) is 0 Å². The number of nitrogens with two attached hydrogens (primary N) is 1. The van der Waals surface area contributed by atoms with Crippen LogP contribution >= 0.6 is 20.6 Å². The molecule has 1 heterocycles. The first-order valence-corrected chi connectivity index (χ1v) is 15.6. The van der Waals surface area contributed by atoms with Gasteiger partial charge in [0.2, 0.25) is 5.91 Å². The molecule has 41 heavy (non-hydrogen) atoms. The molecule has 0 saturated carbocycles. The number of aliphatic hydroxyl groups excluding tert-OH is 1. The number of alkyl carbamates (subject to hydrolysis) is 1. The summed E-state index contributed by atoms with van der Waals surface area (Å²) in [5, 5.41) is 12.2. The maximum Gasteiger partial charge on any atom is 0.407 e. The molecule has 1 aliphatic heterocycles. The van der Waals surface area contributed by atoms with Crippen LogP contribution in [0, 0.1) is 3.57 Å². The van der Waals surface area contributed by atoms with Crippen LogP contribution in [0.3, 0.4) is 0 Å². The molecule has 4 N–H and O–H groups in total. The summed E-state index contributed by atoms with van der Waals surface area (Å²) in [5.41, 5.74) is 6.86. The first-order chi connectivity index (χ1) is 19.7. The second kappa shape index (κ2) is 18.4. The van der Waals surface area contributed by atoms with Crippen molar-refractivity contribution in [1.82, 2.24) is 5.32 Å². The molecule has 1 aliphatic rings. The molecular weight excluding hydrogens is 643 g/mol. The average Bonchev–Trinajstić information content (AvgIpc) is 2.97. The molecule has 3 aromatic carbocycles. The number of nitrogens with one attached hydrogen (secondary N) is 1.